The van der Waals surface area contributed by atoms with Gasteiger partial charge in [-0.05, 0) is 24.6 Å². The smallest absolute Gasteiger partial charge is 0.124 e. The number of halogens is 2. The molecule has 1 N–H and O–H groups in total. The molecule has 66 valence electrons. The lowest BCUT2D eigenvalue weighted by molar-refractivity contribution is 0.196. The second kappa shape index (κ2) is 3.87. The molecule has 4 heteroatoms. The van der Waals surface area contributed by atoms with E-state index in [4.69, 9.17) is 5.11 Å². The van der Waals surface area contributed by atoms with Gasteiger partial charge < -0.3 is 5.11 Å². The normalized spacial score (nSPS) is 13.0. The molecule has 1 aromatic carbocycles. The first-order valence-electron chi connectivity index (χ1n) is 3.41. The van der Waals surface area contributed by atoms with Gasteiger partial charge in [0, 0.05) is 4.90 Å². The van der Waals surface area contributed by atoms with E-state index in [9.17, 15) is 8.28 Å². The van der Waals surface area contributed by atoms with E-state index >= 15 is 0 Å². The van der Waals surface area contributed by atoms with Crippen LogP contribution in [-0.2, 0) is 0 Å². The highest BCUT2D eigenvalue weighted by atomic mass is 32.2. The van der Waals surface area contributed by atoms with E-state index < -0.39 is 11.9 Å². The molecule has 0 radical (unpaired) electrons. The van der Waals surface area contributed by atoms with Crippen LogP contribution < -0.4 is 0 Å². The first-order chi connectivity index (χ1) is 5.65. The molecule has 0 aliphatic rings. The SMILES string of the molecule is CC(O)c1ccc(F)cc1SF. The Labute approximate surface area is 73.7 Å². The highest BCUT2D eigenvalue weighted by Crippen LogP contribution is 2.28. The van der Waals surface area contributed by atoms with Crippen LogP contribution in [0.15, 0.2) is 23.1 Å². The lowest BCUT2D eigenvalue weighted by atomic mass is 10.1. The second-order valence-corrected chi connectivity index (χ2v) is 3.03. The summed E-state index contributed by atoms with van der Waals surface area (Å²) in [5.41, 5.74) is 0.406. The molecular weight excluding hydrogens is 182 g/mol. The second-order valence-electron chi connectivity index (χ2n) is 2.44. The predicted molar refractivity (Wildman–Crippen MR) is 44.0 cm³/mol. The molecular formula is C8H8F2OS. The van der Waals surface area contributed by atoms with Crippen molar-refractivity contribution in [1.82, 2.24) is 0 Å². The topological polar surface area (TPSA) is 20.2 Å². The third kappa shape index (κ3) is 1.95. The summed E-state index contributed by atoms with van der Waals surface area (Å²) in [5, 5.41) is 9.12. The van der Waals surface area contributed by atoms with Gasteiger partial charge in [0.15, 0.2) is 0 Å². The van der Waals surface area contributed by atoms with Gasteiger partial charge in [-0.25, -0.2) is 4.39 Å². The minimum absolute atomic E-state index is 0.0621. The van der Waals surface area contributed by atoms with E-state index in [1.54, 1.807) is 0 Å². The summed E-state index contributed by atoms with van der Waals surface area (Å²) < 4.78 is 24.7. The molecule has 0 aliphatic heterocycles. The van der Waals surface area contributed by atoms with E-state index in [-0.39, 0.29) is 17.0 Å². The number of benzene rings is 1. The van der Waals surface area contributed by atoms with Gasteiger partial charge in [-0.2, -0.15) is 3.89 Å². The highest BCUT2D eigenvalue weighted by molar-refractivity contribution is 7.94. The summed E-state index contributed by atoms with van der Waals surface area (Å²) in [5.74, 6) is -0.500. The molecule has 1 unspecified atom stereocenters. The zero-order valence-corrected chi connectivity index (χ0v) is 7.24. The average Bonchev–Trinajstić information content (AvgIpc) is 2.03. The fraction of sp³-hybridized carbons (Fsp3) is 0.250. The van der Waals surface area contributed by atoms with Gasteiger partial charge in [0.2, 0.25) is 0 Å². The maximum absolute atomic E-state index is 12.5. The summed E-state index contributed by atoms with van der Waals surface area (Å²) in [6.45, 7) is 1.51. The van der Waals surface area contributed by atoms with Crippen molar-refractivity contribution in [3.8, 4) is 0 Å². The molecule has 0 saturated heterocycles. The zero-order chi connectivity index (χ0) is 9.14. The minimum atomic E-state index is -0.774. The molecule has 0 aromatic heterocycles. The van der Waals surface area contributed by atoms with E-state index in [1.165, 1.54) is 19.1 Å². The number of hydrogen-bond acceptors (Lipinski definition) is 2. The highest BCUT2D eigenvalue weighted by Gasteiger charge is 2.09. The summed E-state index contributed by atoms with van der Waals surface area (Å²) in [7, 11) is 0. The average molecular weight is 190 g/mol. The summed E-state index contributed by atoms with van der Waals surface area (Å²) >= 11 is -0.0621. The Kier molecular flexibility index (Phi) is 3.05. The maximum Gasteiger partial charge on any atom is 0.124 e. The van der Waals surface area contributed by atoms with Crippen molar-refractivity contribution in [1.29, 1.82) is 0 Å². The zero-order valence-electron chi connectivity index (χ0n) is 6.42. The van der Waals surface area contributed by atoms with Gasteiger partial charge in [-0.15, -0.1) is 0 Å². The van der Waals surface area contributed by atoms with Crippen LogP contribution in [0.5, 0.6) is 0 Å². The quantitative estimate of drug-likeness (QED) is 0.773. The van der Waals surface area contributed by atoms with Gasteiger partial charge in [0.05, 0.1) is 18.3 Å². The van der Waals surface area contributed by atoms with Crippen LogP contribution in [0.1, 0.15) is 18.6 Å². The van der Waals surface area contributed by atoms with Gasteiger partial charge in [-0.1, -0.05) is 6.07 Å². The first kappa shape index (κ1) is 9.48. The van der Waals surface area contributed by atoms with Crippen molar-refractivity contribution in [3.05, 3.63) is 29.6 Å². The molecule has 0 bridgehead atoms. The van der Waals surface area contributed by atoms with E-state index in [0.29, 0.717) is 5.56 Å². The van der Waals surface area contributed by atoms with Crippen LogP contribution in [0.4, 0.5) is 8.28 Å². The molecule has 0 aliphatic carbocycles. The van der Waals surface area contributed by atoms with Crippen molar-refractivity contribution in [2.24, 2.45) is 0 Å². The molecule has 1 atom stereocenters. The summed E-state index contributed by atoms with van der Waals surface area (Å²) in [6.07, 6.45) is -0.774. The van der Waals surface area contributed by atoms with Crippen LogP contribution in [0.2, 0.25) is 0 Å². The van der Waals surface area contributed by atoms with Crippen molar-refractivity contribution in [2.45, 2.75) is 17.9 Å². The number of hydrogen-bond donors (Lipinski definition) is 1. The van der Waals surface area contributed by atoms with Gasteiger partial charge in [0.25, 0.3) is 0 Å². The number of rotatable bonds is 2. The van der Waals surface area contributed by atoms with Crippen LogP contribution in [-0.4, -0.2) is 5.11 Å². The van der Waals surface area contributed by atoms with Crippen molar-refractivity contribution in [3.63, 3.8) is 0 Å². The molecule has 0 spiro atoms. The van der Waals surface area contributed by atoms with Crippen LogP contribution in [0.3, 0.4) is 0 Å². The molecule has 1 rings (SSSR count). The maximum atomic E-state index is 12.5. The lowest BCUT2D eigenvalue weighted by Gasteiger charge is -2.07. The Morgan fingerprint density at radius 3 is 2.67 bits per heavy atom. The lowest BCUT2D eigenvalue weighted by Crippen LogP contribution is -1.93. The Hall–Kier alpha value is -0.610. The van der Waals surface area contributed by atoms with Gasteiger partial charge in [-0.3, -0.25) is 0 Å². The van der Waals surface area contributed by atoms with Crippen molar-refractivity contribution in [2.75, 3.05) is 0 Å². The van der Waals surface area contributed by atoms with Crippen molar-refractivity contribution >= 4 is 12.1 Å². The largest absolute Gasteiger partial charge is 0.389 e. The molecule has 0 saturated carbocycles. The van der Waals surface area contributed by atoms with E-state index in [1.807, 2.05) is 0 Å². The standard InChI is InChI=1S/C8H8F2OS/c1-5(11)7-3-2-6(9)4-8(7)12-10/h2-5,11H,1H3. The summed E-state index contributed by atoms with van der Waals surface area (Å²) in [4.78, 5) is 0.130. The number of aliphatic hydroxyl groups excluding tert-OH is 1. The monoisotopic (exact) mass is 190 g/mol. The number of aliphatic hydroxyl groups is 1. The van der Waals surface area contributed by atoms with Crippen LogP contribution in [0.25, 0.3) is 0 Å². The van der Waals surface area contributed by atoms with Gasteiger partial charge in [0.1, 0.15) is 5.82 Å². The third-order valence-corrected chi connectivity index (χ3v) is 2.03. The van der Waals surface area contributed by atoms with Crippen LogP contribution >= 0.6 is 12.1 Å². The molecule has 0 fully saturated rings. The Bertz CT molecular complexity index is 276. The third-order valence-electron chi connectivity index (χ3n) is 1.51. The Morgan fingerprint density at radius 1 is 1.50 bits per heavy atom. The van der Waals surface area contributed by atoms with E-state index in [0.717, 1.165) is 6.07 Å². The van der Waals surface area contributed by atoms with E-state index in [2.05, 4.69) is 0 Å². The van der Waals surface area contributed by atoms with Crippen LogP contribution in [0, 0.1) is 5.82 Å². The fourth-order valence-corrected chi connectivity index (χ4v) is 1.40. The van der Waals surface area contributed by atoms with Crippen molar-refractivity contribution < 1.29 is 13.4 Å². The summed E-state index contributed by atoms with van der Waals surface area (Å²) in [6, 6.07) is 3.64. The molecule has 0 heterocycles. The first-order valence-corrected chi connectivity index (χ1v) is 4.13. The van der Waals surface area contributed by atoms with Gasteiger partial charge >= 0.3 is 0 Å². The Balaban J connectivity index is 3.11. The fourth-order valence-electron chi connectivity index (χ4n) is 0.920. The minimum Gasteiger partial charge on any atom is -0.389 e. The Morgan fingerprint density at radius 2 is 2.17 bits per heavy atom. The molecule has 12 heavy (non-hydrogen) atoms. The molecule has 1 aromatic rings. The predicted octanol–water partition coefficient (Wildman–Crippen LogP) is 2.86. The molecule has 1 nitrogen and oxygen atoms in total. The molecule has 0 amide bonds.